The van der Waals surface area contributed by atoms with E-state index in [4.69, 9.17) is 0 Å². The fourth-order valence-electron chi connectivity index (χ4n) is 1.50. The minimum absolute atomic E-state index is 0.114. The van der Waals surface area contributed by atoms with Crippen LogP contribution in [0.5, 0.6) is 0 Å². The summed E-state index contributed by atoms with van der Waals surface area (Å²) < 4.78 is 13.0. The van der Waals surface area contributed by atoms with E-state index >= 15 is 0 Å². The summed E-state index contributed by atoms with van der Waals surface area (Å²) in [4.78, 5) is 0. The molecule has 1 fully saturated rings. The molecule has 0 radical (unpaired) electrons. The molecule has 1 heterocycles. The van der Waals surface area contributed by atoms with E-state index in [1.54, 1.807) is 0 Å². The van der Waals surface area contributed by atoms with Gasteiger partial charge < -0.3 is 5.32 Å². The van der Waals surface area contributed by atoms with Gasteiger partial charge in [0.1, 0.15) is 6.17 Å². The molecule has 0 aromatic carbocycles. The smallest absolute Gasteiger partial charge is 0.117 e. The van der Waals surface area contributed by atoms with Gasteiger partial charge in [0.05, 0.1) is 0 Å². The van der Waals surface area contributed by atoms with Gasteiger partial charge in [0.25, 0.3) is 0 Å². The number of hydrogen-bond acceptors (Lipinski definition) is 1. The van der Waals surface area contributed by atoms with E-state index < -0.39 is 6.17 Å². The Morgan fingerprint density at radius 1 is 1.30 bits per heavy atom. The van der Waals surface area contributed by atoms with Crippen LogP contribution in [-0.2, 0) is 0 Å². The molecule has 1 aliphatic heterocycles. The van der Waals surface area contributed by atoms with Gasteiger partial charge in [0.15, 0.2) is 0 Å². The summed E-state index contributed by atoms with van der Waals surface area (Å²) in [5, 5.41) is 3.05. The molecule has 0 bridgehead atoms. The van der Waals surface area contributed by atoms with Crippen LogP contribution in [-0.4, -0.2) is 19.3 Å². The normalized spacial score (nSPS) is 34.8. The second-order valence-corrected chi connectivity index (χ2v) is 4.15. The highest BCUT2D eigenvalue weighted by Gasteiger charge is 2.35. The largest absolute Gasteiger partial charge is 0.313 e. The summed E-state index contributed by atoms with van der Waals surface area (Å²) in [6, 6.07) is 0. The van der Waals surface area contributed by atoms with Crippen molar-refractivity contribution < 1.29 is 4.39 Å². The van der Waals surface area contributed by atoms with Crippen molar-refractivity contribution >= 4 is 0 Å². The highest BCUT2D eigenvalue weighted by molar-refractivity contribution is 4.88. The van der Waals surface area contributed by atoms with Crippen LogP contribution in [0.3, 0.4) is 0 Å². The first-order valence-electron chi connectivity index (χ1n) is 3.86. The molecule has 10 heavy (non-hydrogen) atoms. The third kappa shape index (κ3) is 1.48. The Hall–Kier alpha value is -0.110. The van der Waals surface area contributed by atoms with Crippen LogP contribution in [0.25, 0.3) is 0 Å². The molecule has 0 unspecified atom stereocenters. The van der Waals surface area contributed by atoms with Crippen molar-refractivity contribution in [2.45, 2.75) is 26.9 Å². The number of nitrogens with one attached hydrogen (secondary N) is 1. The molecular weight excluding hydrogens is 129 g/mol. The molecule has 1 nitrogen and oxygen atoms in total. The van der Waals surface area contributed by atoms with Crippen LogP contribution < -0.4 is 5.32 Å². The van der Waals surface area contributed by atoms with Gasteiger partial charge in [-0.3, -0.25) is 0 Å². The van der Waals surface area contributed by atoms with Crippen LogP contribution in [0.4, 0.5) is 4.39 Å². The van der Waals surface area contributed by atoms with E-state index in [-0.39, 0.29) is 11.3 Å². The SMILES string of the molecule is CC(C)(C)[C@H]1CNC[C@@H]1F. The number of alkyl halides is 1. The zero-order valence-electron chi connectivity index (χ0n) is 6.95. The third-order valence-corrected chi connectivity index (χ3v) is 2.25. The van der Waals surface area contributed by atoms with Gasteiger partial charge in [0, 0.05) is 19.0 Å². The molecule has 2 heteroatoms. The van der Waals surface area contributed by atoms with E-state index in [9.17, 15) is 4.39 Å². The maximum Gasteiger partial charge on any atom is 0.117 e. The Morgan fingerprint density at radius 3 is 2.10 bits per heavy atom. The molecule has 1 rings (SSSR count). The third-order valence-electron chi connectivity index (χ3n) is 2.25. The Morgan fingerprint density at radius 2 is 1.90 bits per heavy atom. The lowest BCUT2D eigenvalue weighted by Crippen LogP contribution is -2.28. The lowest BCUT2D eigenvalue weighted by molar-refractivity contribution is 0.160. The van der Waals surface area contributed by atoms with Crippen LogP contribution >= 0.6 is 0 Å². The van der Waals surface area contributed by atoms with Crippen LogP contribution in [0.15, 0.2) is 0 Å². The average Bonchev–Trinajstić information content (AvgIpc) is 2.11. The quantitative estimate of drug-likeness (QED) is 0.546. The molecule has 0 aliphatic carbocycles. The summed E-state index contributed by atoms with van der Waals surface area (Å²) >= 11 is 0. The van der Waals surface area contributed by atoms with Gasteiger partial charge in [-0.15, -0.1) is 0 Å². The van der Waals surface area contributed by atoms with Crippen molar-refractivity contribution in [2.75, 3.05) is 13.1 Å². The summed E-state index contributed by atoms with van der Waals surface area (Å²) in [7, 11) is 0. The predicted molar refractivity (Wildman–Crippen MR) is 40.7 cm³/mol. The molecule has 2 atom stereocenters. The van der Waals surface area contributed by atoms with Gasteiger partial charge in [-0.1, -0.05) is 20.8 Å². The van der Waals surface area contributed by atoms with Gasteiger partial charge in [0.2, 0.25) is 0 Å². The predicted octanol–water partition coefficient (Wildman–Crippen LogP) is 1.59. The Kier molecular flexibility index (Phi) is 1.99. The zero-order chi connectivity index (χ0) is 7.78. The van der Waals surface area contributed by atoms with Crippen molar-refractivity contribution in [1.29, 1.82) is 0 Å². The topological polar surface area (TPSA) is 12.0 Å². The molecule has 0 aromatic heterocycles. The second-order valence-electron chi connectivity index (χ2n) is 4.15. The van der Waals surface area contributed by atoms with Crippen molar-refractivity contribution in [1.82, 2.24) is 5.32 Å². The molecule has 0 amide bonds. The van der Waals surface area contributed by atoms with E-state index in [0.29, 0.717) is 6.54 Å². The van der Waals surface area contributed by atoms with Gasteiger partial charge >= 0.3 is 0 Å². The van der Waals surface area contributed by atoms with E-state index in [2.05, 4.69) is 26.1 Å². The maximum absolute atomic E-state index is 13.0. The summed E-state index contributed by atoms with van der Waals surface area (Å²) in [6.45, 7) is 7.67. The Labute approximate surface area is 62.0 Å². The van der Waals surface area contributed by atoms with E-state index in [0.717, 1.165) is 6.54 Å². The minimum Gasteiger partial charge on any atom is -0.313 e. The Balaban J connectivity index is 2.55. The monoisotopic (exact) mass is 145 g/mol. The molecule has 0 spiro atoms. The highest BCUT2D eigenvalue weighted by atomic mass is 19.1. The molecule has 0 saturated carbocycles. The second kappa shape index (κ2) is 2.50. The summed E-state index contributed by atoms with van der Waals surface area (Å²) in [6.07, 6.45) is -0.639. The first-order valence-corrected chi connectivity index (χ1v) is 3.86. The van der Waals surface area contributed by atoms with Gasteiger partial charge in [-0.2, -0.15) is 0 Å². The molecular formula is C8H16FN. The molecule has 1 saturated heterocycles. The average molecular weight is 145 g/mol. The fraction of sp³-hybridized carbons (Fsp3) is 1.00. The fourth-order valence-corrected chi connectivity index (χ4v) is 1.50. The van der Waals surface area contributed by atoms with Crippen molar-refractivity contribution in [3.63, 3.8) is 0 Å². The molecule has 1 aliphatic rings. The first kappa shape index (κ1) is 7.99. The van der Waals surface area contributed by atoms with Crippen molar-refractivity contribution in [3.05, 3.63) is 0 Å². The molecule has 1 N–H and O–H groups in total. The van der Waals surface area contributed by atoms with Crippen LogP contribution in [0.1, 0.15) is 20.8 Å². The molecule has 60 valence electrons. The number of halogens is 1. The first-order chi connectivity index (χ1) is 4.52. The van der Waals surface area contributed by atoms with Crippen molar-refractivity contribution in [3.8, 4) is 0 Å². The van der Waals surface area contributed by atoms with Gasteiger partial charge in [-0.05, 0) is 5.41 Å². The van der Waals surface area contributed by atoms with Crippen LogP contribution in [0.2, 0.25) is 0 Å². The Bertz CT molecular complexity index is 117. The minimum atomic E-state index is -0.639. The molecule has 0 aromatic rings. The lowest BCUT2D eigenvalue weighted by Gasteiger charge is -2.27. The van der Waals surface area contributed by atoms with Crippen molar-refractivity contribution in [2.24, 2.45) is 11.3 Å². The van der Waals surface area contributed by atoms with Gasteiger partial charge in [-0.25, -0.2) is 4.39 Å². The summed E-state index contributed by atoms with van der Waals surface area (Å²) in [5.41, 5.74) is 0.114. The number of hydrogen-bond donors (Lipinski definition) is 1. The van der Waals surface area contributed by atoms with E-state index in [1.165, 1.54) is 0 Å². The zero-order valence-corrected chi connectivity index (χ0v) is 6.95. The highest BCUT2D eigenvalue weighted by Crippen LogP contribution is 2.31. The number of rotatable bonds is 0. The van der Waals surface area contributed by atoms with Crippen LogP contribution in [0, 0.1) is 11.3 Å². The summed E-state index contributed by atoms with van der Waals surface area (Å²) in [5.74, 6) is 0.201. The standard InChI is InChI=1S/C8H16FN/c1-8(2,3)6-4-10-5-7(6)9/h6-7,10H,4-5H2,1-3H3/t6-,7-/m0/s1. The maximum atomic E-state index is 13.0. The lowest BCUT2D eigenvalue weighted by atomic mass is 9.79. The van der Waals surface area contributed by atoms with E-state index in [1.807, 2.05) is 0 Å².